The van der Waals surface area contributed by atoms with Crippen LogP contribution in [-0.2, 0) is 4.79 Å². The highest BCUT2D eigenvalue weighted by Gasteiger charge is 2.54. The van der Waals surface area contributed by atoms with Crippen LogP contribution in [0.4, 0.5) is 13.2 Å². The molecule has 3 fully saturated rings. The maximum absolute atomic E-state index is 12.5. The van der Waals surface area contributed by atoms with Crippen molar-refractivity contribution in [3.05, 3.63) is 0 Å². The predicted octanol–water partition coefficient (Wildman–Crippen LogP) is 1.46. The van der Waals surface area contributed by atoms with Crippen LogP contribution >= 0.6 is 0 Å². The van der Waals surface area contributed by atoms with Crippen LogP contribution in [0, 0.1) is 11.8 Å². The maximum atomic E-state index is 12.5. The summed E-state index contributed by atoms with van der Waals surface area (Å²) in [6.45, 7) is 0.272. The molecule has 2 aliphatic heterocycles. The summed E-state index contributed by atoms with van der Waals surface area (Å²) in [6, 6.07) is -0.195. The standard InChI is InChI=1S/C9H12F3NO/c1-13-4-6-7(9(10,11)12)2-5(13)3-8(6)14/h5-7H,2-4H2,1H3. The van der Waals surface area contributed by atoms with E-state index in [-0.39, 0.29) is 24.8 Å². The number of carbonyl (C=O) groups is 1. The summed E-state index contributed by atoms with van der Waals surface area (Å²) < 4.78 is 37.6. The van der Waals surface area contributed by atoms with Crippen molar-refractivity contribution in [1.29, 1.82) is 0 Å². The fourth-order valence-corrected chi connectivity index (χ4v) is 2.53. The lowest BCUT2D eigenvalue weighted by molar-refractivity contribution is -0.213. The highest BCUT2D eigenvalue weighted by atomic mass is 19.4. The van der Waals surface area contributed by atoms with Crippen LogP contribution in [0.25, 0.3) is 0 Å². The maximum Gasteiger partial charge on any atom is 0.392 e. The molecular formula is C9H12F3NO. The molecule has 0 spiro atoms. The molecule has 3 unspecified atom stereocenters. The van der Waals surface area contributed by atoms with Gasteiger partial charge in [-0.25, -0.2) is 0 Å². The molecule has 0 aromatic rings. The van der Waals surface area contributed by atoms with Crippen LogP contribution in [0.3, 0.4) is 0 Å². The Balaban J connectivity index is 2.22. The summed E-state index contributed by atoms with van der Waals surface area (Å²) in [6.07, 6.45) is -3.82. The van der Waals surface area contributed by atoms with E-state index < -0.39 is 18.0 Å². The van der Waals surface area contributed by atoms with Gasteiger partial charge in [0.05, 0.1) is 5.92 Å². The zero-order valence-electron chi connectivity index (χ0n) is 7.84. The lowest BCUT2D eigenvalue weighted by Crippen LogP contribution is -2.57. The molecule has 0 amide bonds. The van der Waals surface area contributed by atoms with Gasteiger partial charge in [-0.2, -0.15) is 13.2 Å². The molecule has 0 N–H and O–H groups in total. The van der Waals surface area contributed by atoms with Crippen LogP contribution in [0.1, 0.15) is 12.8 Å². The predicted molar refractivity (Wildman–Crippen MR) is 43.7 cm³/mol. The molecule has 80 valence electrons. The van der Waals surface area contributed by atoms with Gasteiger partial charge >= 0.3 is 6.18 Å². The quantitative estimate of drug-likeness (QED) is 0.599. The fourth-order valence-electron chi connectivity index (χ4n) is 2.53. The molecular weight excluding hydrogens is 195 g/mol. The summed E-state index contributed by atoms with van der Waals surface area (Å²) in [7, 11) is 1.79. The van der Waals surface area contributed by atoms with Crippen LogP contribution in [0.5, 0.6) is 0 Å². The number of piperidine rings is 2. The van der Waals surface area contributed by atoms with Crippen LogP contribution in [0.2, 0.25) is 0 Å². The molecule has 1 saturated carbocycles. The molecule has 0 aromatic carbocycles. The van der Waals surface area contributed by atoms with Crippen LogP contribution in [-0.4, -0.2) is 36.5 Å². The second-order valence-electron chi connectivity index (χ2n) is 4.25. The van der Waals surface area contributed by atoms with Gasteiger partial charge in [-0.15, -0.1) is 0 Å². The van der Waals surface area contributed by atoms with Gasteiger partial charge in [-0.05, 0) is 13.5 Å². The number of alkyl halides is 3. The van der Waals surface area contributed by atoms with E-state index >= 15 is 0 Å². The Bertz CT molecular complexity index is 263. The van der Waals surface area contributed by atoms with Crippen molar-refractivity contribution in [2.45, 2.75) is 25.1 Å². The Morgan fingerprint density at radius 3 is 2.57 bits per heavy atom. The second kappa shape index (κ2) is 2.95. The van der Waals surface area contributed by atoms with Crippen molar-refractivity contribution in [2.75, 3.05) is 13.6 Å². The first-order chi connectivity index (χ1) is 6.39. The van der Waals surface area contributed by atoms with Crippen molar-refractivity contribution in [3.8, 4) is 0 Å². The molecule has 14 heavy (non-hydrogen) atoms. The monoisotopic (exact) mass is 207 g/mol. The van der Waals surface area contributed by atoms with Gasteiger partial charge in [0, 0.05) is 24.9 Å². The van der Waals surface area contributed by atoms with Crippen LogP contribution < -0.4 is 0 Å². The van der Waals surface area contributed by atoms with Gasteiger partial charge in [0.2, 0.25) is 0 Å². The topological polar surface area (TPSA) is 20.3 Å². The third kappa shape index (κ3) is 1.43. The minimum Gasteiger partial charge on any atom is -0.302 e. The number of halogens is 3. The van der Waals surface area contributed by atoms with E-state index in [1.807, 2.05) is 4.90 Å². The average molecular weight is 207 g/mol. The molecule has 3 atom stereocenters. The van der Waals surface area contributed by atoms with Crippen molar-refractivity contribution in [2.24, 2.45) is 11.8 Å². The normalized spacial score (nSPS) is 39.1. The van der Waals surface area contributed by atoms with E-state index in [4.69, 9.17) is 0 Å². The van der Waals surface area contributed by atoms with Gasteiger partial charge in [0.25, 0.3) is 0 Å². The number of carbonyl (C=O) groups excluding carboxylic acids is 1. The van der Waals surface area contributed by atoms with Crippen molar-refractivity contribution >= 4 is 5.78 Å². The Kier molecular flexibility index (Phi) is 2.10. The van der Waals surface area contributed by atoms with E-state index in [0.717, 1.165) is 0 Å². The van der Waals surface area contributed by atoms with Gasteiger partial charge in [-0.3, -0.25) is 4.79 Å². The fraction of sp³-hybridized carbons (Fsp3) is 0.889. The molecule has 2 saturated heterocycles. The highest BCUT2D eigenvalue weighted by Crippen LogP contribution is 2.44. The second-order valence-corrected chi connectivity index (χ2v) is 4.25. The zero-order valence-corrected chi connectivity index (χ0v) is 7.84. The van der Waals surface area contributed by atoms with Crippen LogP contribution in [0.15, 0.2) is 0 Å². The number of hydrogen-bond acceptors (Lipinski definition) is 2. The minimum atomic E-state index is -4.21. The van der Waals surface area contributed by atoms with Gasteiger partial charge in [0.1, 0.15) is 5.78 Å². The molecule has 5 heteroatoms. The van der Waals surface area contributed by atoms with Crippen molar-refractivity contribution in [1.82, 2.24) is 4.90 Å². The smallest absolute Gasteiger partial charge is 0.302 e. The molecule has 0 aromatic heterocycles. The summed E-state index contributed by atoms with van der Waals surface area (Å²) >= 11 is 0. The van der Waals surface area contributed by atoms with E-state index in [2.05, 4.69) is 0 Å². The number of hydrogen-bond donors (Lipinski definition) is 0. The number of Topliss-reactive ketones (excluding diaryl/α,β-unsaturated/α-hetero) is 1. The van der Waals surface area contributed by atoms with E-state index in [1.165, 1.54) is 0 Å². The van der Waals surface area contributed by atoms with E-state index in [1.54, 1.807) is 7.05 Å². The van der Waals surface area contributed by atoms with E-state index in [9.17, 15) is 18.0 Å². The van der Waals surface area contributed by atoms with Crippen molar-refractivity contribution in [3.63, 3.8) is 0 Å². The lowest BCUT2D eigenvalue weighted by atomic mass is 9.71. The highest BCUT2D eigenvalue weighted by molar-refractivity contribution is 5.84. The van der Waals surface area contributed by atoms with Crippen molar-refractivity contribution < 1.29 is 18.0 Å². The number of fused-ring (bicyclic) bond motifs is 3. The third-order valence-electron chi connectivity index (χ3n) is 3.39. The molecule has 2 heterocycles. The molecule has 3 aliphatic rings. The third-order valence-corrected chi connectivity index (χ3v) is 3.39. The first-order valence-corrected chi connectivity index (χ1v) is 4.69. The Morgan fingerprint density at radius 1 is 1.43 bits per heavy atom. The number of nitrogens with zero attached hydrogens (tertiary/aromatic N) is 1. The number of rotatable bonds is 0. The Labute approximate surface area is 80.1 Å². The molecule has 0 radical (unpaired) electrons. The average Bonchev–Trinajstić information content (AvgIpc) is 2.04. The molecule has 3 rings (SSSR count). The Hall–Kier alpha value is -0.580. The molecule has 2 nitrogen and oxygen atoms in total. The molecule has 1 aliphatic carbocycles. The summed E-state index contributed by atoms with van der Waals surface area (Å²) in [5, 5.41) is 0. The summed E-state index contributed by atoms with van der Waals surface area (Å²) in [5.41, 5.74) is 0. The Morgan fingerprint density at radius 2 is 2.07 bits per heavy atom. The first kappa shape index (κ1) is 9.96. The first-order valence-electron chi connectivity index (χ1n) is 4.69. The number of ketones is 1. The summed E-state index contributed by atoms with van der Waals surface area (Å²) in [5.74, 6) is -2.42. The van der Waals surface area contributed by atoms with E-state index in [0.29, 0.717) is 6.42 Å². The van der Waals surface area contributed by atoms with Gasteiger partial charge < -0.3 is 4.90 Å². The minimum absolute atomic E-state index is 0.0937. The summed E-state index contributed by atoms with van der Waals surface area (Å²) in [4.78, 5) is 13.2. The largest absolute Gasteiger partial charge is 0.392 e. The molecule has 2 bridgehead atoms. The SMILES string of the molecule is CN1CC2C(=O)CC1CC2C(F)(F)F. The lowest BCUT2D eigenvalue weighted by Gasteiger charge is -2.47. The van der Waals surface area contributed by atoms with Gasteiger partial charge in [0.15, 0.2) is 0 Å². The van der Waals surface area contributed by atoms with Gasteiger partial charge in [-0.1, -0.05) is 0 Å². The zero-order chi connectivity index (χ0) is 10.5.